The van der Waals surface area contributed by atoms with Gasteiger partial charge in [0.1, 0.15) is 12.7 Å². The average Bonchev–Trinajstić information content (AvgIpc) is 3.05. The number of nitrogens with zero attached hydrogens (tertiary/aromatic N) is 2. The highest BCUT2D eigenvalue weighted by Crippen LogP contribution is 2.38. The normalized spacial score (nSPS) is 24.5. The zero-order valence-corrected chi connectivity index (χ0v) is 15.0. The lowest BCUT2D eigenvalue weighted by Crippen LogP contribution is -2.33. The molecule has 1 aromatic heterocycles. The van der Waals surface area contributed by atoms with Gasteiger partial charge in [0.15, 0.2) is 18.0 Å². The number of hydrogen-bond acceptors (Lipinski definition) is 10. The number of carbonyl (C=O) groups excluding carboxylic acids is 2. The molecule has 0 radical (unpaired) electrons. The van der Waals surface area contributed by atoms with Gasteiger partial charge in [0.2, 0.25) is 0 Å². The fraction of sp³-hybridized carbons (Fsp3) is 0.467. The molecule has 0 spiro atoms. The summed E-state index contributed by atoms with van der Waals surface area (Å²) in [5.74, 6) is -0.585. The summed E-state index contributed by atoms with van der Waals surface area (Å²) in [7, 11) is 0. The first kappa shape index (κ1) is 18.1. The minimum Gasteiger partial charge on any atom is -0.463 e. The Hall–Kier alpha value is -2.66. The zero-order valence-electron chi connectivity index (χ0n) is 14.2. The molecule has 3 rings (SSSR count). The lowest BCUT2D eigenvalue weighted by molar-refractivity contribution is -0.153. The molecule has 10 nitrogen and oxygen atoms in total. The summed E-state index contributed by atoms with van der Waals surface area (Å²) < 4.78 is 17.4. The number of rotatable bonds is 4. The van der Waals surface area contributed by atoms with Gasteiger partial charge in [-0.1, -0.05) is 17.9 Å². The number of nitrogens with two attached hydrogens (primary N) is 1. The number of aromatic nitrogens is 1. The average molecular weight is 382 g/mol. The molecule has 2 aliphatic rings. The topological polar surface area (TPSA) is 134 Å². The van der Waals surface area contributed by atoms with E-state index in [0.717, 1.165) is 11.3 Å². The molecule has 26 heavy (non-hydrogen) atoms. The molecule has 3 heterocycles. The molecule has 1 fully saturated rings. The number of nitrogens with one attached hydrogen (secondary N) is 1. The molecule has 0 saturated carbocycles. The fourth-order valence-corrected chi connectivity index (χ4v) is 3.71. The van der Waals surface area contributed by atoms with Crippen LogP contribution in [0.25, 0.3) is 5.70 Å². The molecule has 0 aliphatic carbocycles. The van der Waals surface area contributed by atoms with Gasteiger partial charge in [-0.3, -0.25) is 19.0 Å². The van der Waals surface area contributed by atoms with E-state index in [2.05, 4.69) is 16.9 Å². The van der Waals surface area contributed by atoms with Crippen LogP contribution in [0, 0.1) is 0 Å². The van der Waals surface area contributed by atoms with Crippen LogP contribution >= 0.6 is 11.3 Å². The molecule has 1 saturated heterocycles. The van der Waals surface area contributed by atoms with Gasteiger partial charge >= 0.3 is 16.8 Å². The van der Waals surface area contributed by atoms with Crippen molar-refractivity contribution in [1.82, 2.24) is 9.88 Å². The second kappa shape index (κ2) is 6.92. The summed E-state index contributed by atoms with van der Waals surface area (Å²) in [6.07, 6.45) is -1.90. The highest BCUT2D eigenvalue weighted by Gasteiger charge is 2.42. The zero-order chi connectivity index (χ0) is 19.0. The first-order valence-corrected chi connectivity index (χ1v) is 8.59. The standard InChI is InChI=1S/C15H18N4O6S/c1-6-11-12(18-14(16)17-6)19(15(22)26-11)13-10(24-8(3)21)4-9(25-13)5-23-7(2)20/h9-10,13H,1,4-5H2,2-3H3,(H3,16,17,18)/t9-,10+,13+/m0/s1. The third kappa shape index (κ3) is 3.48. The van der Waals surface area contributed by atoms with Crippen LogP contribution < -0.4 is 15.9 Å². The second-order valence-electron chi connectivity index (χ2n) is 5.83. The summed E-state index contributed by atoms with van der Waals surface area (Å²) in [4.78, 5) is 39.4. The van der Waals surface area contributed by atoms with Crippen LogP contribution in [-0.4, -0.2) is 41.3 Å². The molecule has 0 bridgehead atoms. The summed E-state index contributed by atoms with van der Waals surface area (Å²) in [5.41, 5.74) is 6.17. The highest BCUT2D eigenvalue weighted by atomic mass is 32.1. The lowest BCUT2D eigenvalue weighted by Gasteiger charge is -2.22. The second-order valence-corrected chi connectivity index (χ2v) is 6.79. The predicted molar refractivity (Wildman–Crippen MR) is 92.7 cm³/mol. The third-order valence-corrected chi connectivity index (χ3v) is 4.79. The number of fused-ring (bicyclic) bond motifs is 1. The lowest BCUT2D eigenvalue weighted by atomic mass is 10.2. The van der Waals surface area contributed by atoms with E-state index >= 15 is 0 Å². The molecule has 0 aromatic carbocycles. The quantitative estimate of drug-likeness (QED) is 0.706. The number of hydrogen-bond donors (Lipinski definition) is 2. The van der Waals surface area contributed by atoms with Gasteiger partial charge in [-0.2, -0.15) is 4.99 Å². The van der Waals surface area contributed by atoms with Crippen LogP contribution in [0.3, 0.4) is 0 Å². The van der Waals surface area contributed by atoms with Crippen molar-refractivity contribution in [3.63, 3.8) is 0 Å². The van der Waals surface area contributed by atoms with Crippen LogP contribution in [0.4, 0.5) is 5.82 Å². The van der Waals surface area contributed by atoms with Gasteiger partial charge in [-0.25, -0.2) is 0 Å². The van der Waals surface area contributed by atoms with E-state index in [9.17, 15) is 14.4 Å². The monoisotopic (exact) mass is 382 g/mol. The SMILES string of the molecule is C=C1NC(N)=Nc2c1sc(=O)n2[C@@H]1O[C@H](COC(C)=O)C[C@H]1OC(C)=O. The Morgan fingerprint density at radius 2 is 2.19 bits per heavy atom. The smallest absolute Gasteiger partial charge is 0.311 e. The Morgan fingerprint density at radius 1 is 1.46 bits per heavy atom. The number of carbonyl (C=O) groups is 2. The first-order chi connectivity index (χ1) is 12.3. The number of ether oxygens (including phenoxy) is 3. The van der Waals surface area contributed by atoms with Crippen molar-refractivity contribution >= 4 is 40.7 Å². The Balaban J connectivity index is 1.96. The summed E-state index contributed by atoms with van der Waals surface area (Å²) >= 11 is 0.931. The maximum Gasteiger partial charge on any atom is 0.311 e. The summed E-state index contributed by atoms with van der Waals surface area (Å²) in [6, 6.07) is 0. The predicted octanol–water partition coefficient (Wildman–Crippen LogP) is 0.212. The van der Waals surface area contributed by atoms with Crippen molar-refractivity contribution in [2.75, 3.05) is 6.61 Å². The van der Waals surface area contributed by atoms with Crippen LogP contribution in [0.5, 0.6) is 0 Å². The van der Waals surface area contributed by atoms with Gasteiger partial charge in [-0.15, -0.1) is 0 Å². The number of aliphatic imine (C=N–C) groups is 1. The van der Waals surface area contributed by atoms with Gasteiger partial charge in [0, 0.05) is 20.3 Å². The molecule has 140 valence electrons. The van der Waals surface area contributed by atoms with E-state index in [-0.39, 0.29) is 29.7 Å². The Labute approximate surface area is 152 Å². The minimum absolute atomic E-state index is 0.00958. The number of thiazole rings is 1. The van der Waals surface area contributed by atoms with Crippen molar-refractivity contribution in [3.05, 3.63) is 21.1 Å². The van der Waals surface area contributed by atoms with E-state index in [4.69, 9.17) is 19.9 Å². The molecular weight excluding hydrogens is 364 g/mol. The van der Waals surface area contributed by atoms with Crippen molar-refractivity contribution < 1.29 is 23.8 Å². The van der Waals surface area contributed by atoms with E-state index in [0.29, 0.717) is 10.6 Å². The highest BCUT2D eigenvalue weighted by molar-refractivity contribution is 7.11. The minimum atomic E-state index is -0.908. The van der Waals surface area contributed by atoms with Gasteiger partial charge in [-0.05, 0) is 0 Å². The first-order valence-electron chi connectivity index (χ1n) is 7.78. The summed E-state index contributed by atoms with van der Waals surface area (Å²) in [5, 5.41) is 2.76. The van der Waals surface area contributed by atoms with Crippen molar-refractivity contribution in [3.8, 4) is 0 Å². The van der Waals surface area contributed by atoms with Gasteiger partial charge in [0.25, 0.3) is 0 Å². The number of guanidine groups is 1. The van der Waals surface area contributed by atoms with E-state index in [1.165, 1.54) is 18.4 Å². The molecule has 3 N–H and O–H groups in total. The summed E-state index contributed by atoms with van der Waals surface area (Å²) in [6.45, 7) is 6.36. The van der Waals surface area contributed by atoms with Crippen molar-refractivity contribution in [1.29, 1.82) is 0 Å². The van der Waals surface area contributed by atoms with Crippen LogP contribution in [-0.2, 0) is 23.8 Å². The maximum absolute atomic E-state index is 12.5. The van der Waals surface area contributed by atoms with Crippen LogP contribution in [0.15, 0.2) is 16.4 Å². The van der Waals surface area contributed by atoms with Gasteiger partial charge in [0.05, 0.1) is 16.7 Å². The molecule has 1 aromatic rings. The Kier molecular flexibility index (Phi) is 4.83. The molecule has 2 aliphatic heterocycles. The van der Waals surface area contributed by atoms with Gasteiger partial charge < -0.3 is 25.3 Å². The largest absolute Gasteiger partial charge is 0.463 e. The van der Waals surface area contributed by atoms with Crippen molar-refractivity contribution in [2.45, 2.75) is 38.7 Å². The molecular formula is C15H18N4O6S. The van der Waals surface area contributed by atoms with E-state index in [1.807, 2.05) is 0 Å². The van der Waals surface area contributed by atoms with E-state index in [1.54, 1.807) is 0 Å². The molecule has 0 amide bonds. The Bertz CT molecular complexity index is 857. The molecule has 3 atom stereocenters. The van der Waals surface area contributed by atoms with Crippen LogP contribution in [0.2, 0.25) is 0 Å². The van der Waals surface area contributed by atoms with E-state index < -0.39 is 30.4 Å². The molecule has 11 heteroatoms. The third-order valence-electron chi connectivity index (χ3n) is 3.79. The maximum atomic E-state index is 12.5. The fourth-order valence-electron chi connectivity index (χ4n) is 2.84. The van der Waals surface area contributed by atoms with Crippen molar-refractivity contribution in [2.24, 2.45) is 10.7 Å². The Morgan fingerprint density at radius 3 is 2.85 bits per heavy atom. The van der Waals surface area contributed by atoms with Crippen LogP contribution in [0.1, 0.15) is 31.4 Å². The molecule has 0 unspecified atom stereocenters. The number of esters is 2.